The van der Waals surface area contributed by atoms with E-state index >= 15 is 0 Å². The fraction of sp³-hybridized carbons (Fsp3) is 0.381. The number of hydrogen-bond donors (Lipinski definition) is 1. The first-order valence-electron chi connectivity index (χ1n) is 9.19. The van der Waals surface area contributed by atoms with Crippen molar-refractivity contribution >= 4 is 5.97 Å². The highest BCUT2D eigenvalue weighted by Crippen LogP contribution is 2.46. The maximum Gasteiger partial charge on any atom is 0.311 e. The summed E-state index contributed by atoms with van der Waals surface area (Å²) in [6, 6.07) is 6.73. The minimum Gasteiger partial charge on any atom is -0.508 e. The number of carbonyl (C=O) groups excluding carboxylic acids is 1. The first kappa shape index (κ1) is 18.3. The van der Waals surface area contributed by atoms with Gasteiger partial charge in [0.25, 0.3) is 0 Å². The molecule has 2 heterocycles. The fourth-order valence-corrected chi connectivity index (χ4v) is 3.32. The zero-order valence-corrected chi connectivity index (χ0v) is 16.0. The molecule has 148 valence electrons. The van der Waals surface area contributed by atoms with Gasteiger partial charge in [-0.2, -0.15) is 0 Å². The van der Waals surface area contributed by atoms with Crippen molar-refractivity contribution in [3.8, 4) is 34.5 Å². The summed E-state index contributed by atoms with van der Waals surface area (Å²) in [5.41, 5.74) is 1.33. The van der Waals surface area contributed by atoms with Gasteiger partial charge in [0.15, 0.2) is 23.0 Å². The van der Waals surface area contributed by atoms with E-state index in [0.717, 1.165) is 0 Å². The van der Waals surface area contributed by atoms with Gasteiger partial charge < -0.3 is 28.8 Å². The second kappa shape index (κ2) is 7.14. The van der Waals surface area contributed by atoms with E-state index in [0.29, 0.717) is 46.3 Å². The van der Waals surface area contributed by atoms with E-state index in [1.54, 1.807) is 18.2 Å². The summed E-state index contributed by atoms with van der Waals surface area (Å²) in [7, 11) is 0. The molecule has 2 aromatic carbocycles. The lowest BCUT2D eigenvalue weighted by Crippen LogP contribution is -2.13. The van der Waals surface area contributed by atoms with E-state index < -0.39 is 0 Å². The molecule has 2 aliphatic rings. The van der Waals surface area contributed by atoms with Crippen LogP contribution in [0, 0.1) is 5.92 Å². The largest absolute Gasteiger partial charge is 0.508 e. The number of hydrogen-bond acceptors (Lipinski definition) is 7. The van der Waals surface area contributed by atoms with Gasteiger partial charge in [-0.1, -0.05) is 20.8 Å². The van der Waals surface area contributed by atoms with Gasteiger partial charge in [0.1, 0.15) is 11.5 Å². The van der Waals surface area contributed by atoms with E-state index in [1.807, 2.05) is 20.8 Å². The van der Waals surface area contributed by atoms with E-state index in [9.17, 15) is 9.90 Å². The van der Waals surface area contributed by atoms with Gasteiger partial charge in [-0.25, -0.2) is 0 Å². The van der Waals surface area contributed by atoms with Crippen molar-refractivity contribution in [2.75, 3.05) is 13.6 Å². The van der Waals surface area contributed by atoms with Crippen molar-refractivity contribution in [1.29, 1.82) is 0 Å². The average Bonchev–Trinajstić information content (AvgIpc) is 3.27. The van der Waals surface area contributed by atoms with E-state index in [4.69, 9.17) is 23.7 Å². The smallest absolute Gasteiger partial charge is 0.311 e. The number of rotatable bonds is 5. The Labute approximate surface area is 162 Å². The Bertz CT molecular complexity index is 919. The van der Waals surface area contributed by atoms with Crippen LogP contribution in [0.1, 0.15) is 44.2 Å². The molecular weight excluding hydrogens is 364 g/mol. The zero-order valence-electron chi connectivity index (χ0n) is 16.0. The topological polar surface area (TPSA) is 83.5 Å². The number of aromatic hydroxyl groups is 1. The van der Waals surface area contributed by atoms with Crippen LogP contribution in [0.5, 0.6) is 34.5 Å². The van der Waals surface area contributed by atoms with Gasteiger partial charge in [0.2, 0.25) is 13.6 Å². The Balaban J connectivity index is 1.72. The number of fused-ring (bicyclic) bond motifs is 2. The van der Waals surface area contributed by atoms with Gasteiger partial charge >= 0.3 is 5.97 Å². The molecule has 0 saturated carbocycles. The van der Waals surface area contributed by atoms with Crippen molar-refractivity contribution in [3.05, 3.63) is 35.4 Å². The molecule has 0 bridgehead atoms. The summed E-state index contributed by atoms with van der Waals surface area (Å²) < 4.78 is 27.3. The van der Waals surface area contributed by atoms with Gasteiger partial charge in [0.05, 0.1) is 0 Å². The fourth-order valence-electron chi connectivity index (χ4n) is 3.32. The molecule has 0 aliphatic carbocycles. The van der Waals surface area contributed by atoms with Gasteiger partial charge in [-0.3, -0.25) is 4.79 Å². The van der Waals surface area contributed by atoms with Gasteiger partial charge in [-0.15, -0.1) is 0 Å². The number of phenolic OH excluding ortho intramolecular Hbond substituents is 1. The van der Waals surface area contributed by atoms with Crippen molar-refractivity contribution in [2.24, 2.45) is 5.92 Å². The average molecular weight is 386 g/mol. The van der Waals surface area contributed by atoms with Crippen LogP contribution in [0.4, 0.5) is 0 Å². The van der Waals surface area contributed by atoms with Crippen LogP contribution in [0.25, 0.3) is 0 Å². The molecule has 7 heteroatoms. The van der Waals surface area contributed by atoms with Crippen molar-refractivity contribution in [1.82, 2.24) is 0 Å². The Hall–Kier alpha value is -3.09. The highest BCUT2D eigenvalue weighted by atomic mass is 16.7. The summed E-state index contributed by atoms with van der Waals surface area (Å²) in [5.74, 6) is 2.20. The lowest BCUT2D eigenvalue weighted by molar-refractivity contribution is -0.135. The second-order valence-electron chi connectivity index (χ2n) is 7.30. The molecule has 0 amide bonds. The maximum absolute atomic E-state index is 12.3. The second-order valence-corrected chi connectivity index (χ2v) is 7.30. The van der Waals surface area contributed by atoms with Crippen LogP contribution in [0.2, 0.25) is 0 Å². The molecule has 4 rings (SSSR count). The van der Waals surface area contributed by atoms with E-state index in [1.165, 1.54) is 6.07 Å². The Morgan fingerprint density at radius 3 is 2.07 bits per heavy atom. The number of esters is 1. The third-order valence-electron chi connectivity index (χ3n) is 4.76. The van der Waals surface area contributed by atoms with Crippen molar-refractivity contribution in [2.45, 2.75) is 33.1 Å². The summed E-state index contributed by atoms with van der Waals surface area (Å²) in [5, 5.41) is 10.5. The highest BCUT2D eigenvalue weighted by Gasteiger charge is 2.27. The van der Waals surface area contributed by atoms with Crippen LogP contribution in [-0.4, -0.2) is 24.7 Å². The number of phenols is 1. The lowest BCUT2D eigenvalue weighted by Gasteiger charge is -2.19. The molecule has 0 unspecified atom stereocenters. The zero-order chi connectivity index (χ0) is 19.8. The molecule has 0 fully saturated rings. The molecule has 1 N–H and O–H groups in total. The third kappa shape index (κ3) is 3.40. The molecule has 1 atom stereocenters. The van der Waals surface area contributed by atoms with E-state index in [-0.39, 0.29) is 37.1 Å². The van der Waals surface area contributed by atoms with Crippen LogP contribution in [-0.2, 0) is 4.79 Å². The maximum atomic E-state index is 12.3. The van der Waals surface area contributed by atoms with Gasteiger partial charge in [-0.05, 0) is 18.1 Å². The standard InChI is InChI=1S/C21H22O7/c1-11(2)4-21(23)28-16-8-20-18(25-10-27-20)6-14(16)12(3)13-5-17-19(7-15(13)22)26-9-24-17/h5-8,11-12,22H,4,9-10H2,1-3H3/t12-/m1/s1. The number of ether oxygens (including phenoxy) is 5. The van der Waals surface area contributed by atoms with Gasteiger partial charge in [0, 0.05) is 35.6 Å². The molecule has 0 aromatic heterocycles. The Morgan fingerprint density at radius 2 is 1.46 bits per heavy atom. The monoisotopic (exact) mass is 386 g/mol. The molecule has 0 radical (unpaired) electrons. The Morgan fingerprint density at radius 1 is 0.929 bits per heavy atom. The molecule has 7 nitrogen and oxygen atoms in total. The SMILES string of the molecule is CC(C)CC(=O)Oc1cc2c(cc1[C@H](C)c1cc3c(cc1O)OCO3)OCO2. The minimum absolute atomic E-state index is 0.0777. The molecule has 28 heavy (non-hydrogen) atoms. The third-order valence-corrected chi connectivity index (χ3v) is 4.76. The van der Waals surface area contributed by atoms with Crippen LogP contribution in [0.3, 0.4) is 0 Å². The van der Waals surface area contributed by atoms with Crippen LogP contribution in [0.15, 0.2) is 24.3 Å². The predicted molar refractivity (Wildman–Crippen MR) is 99.4 cm³/mol. The quantitative estimate of drug-likeness (QED) is 0.615. The number of carbonyl (C=O) groups is 1. The summed E-state index contributed by atoms with van der Waals surface area (Å²) in [6.45, 7) is 6.05. The first-order chi connectivity index (χ1) is 13.4. The van der Waals surface area contributed by atoms with Crippen molar-refractivity contribution < 1.29 is 33.6 Å². The van der Waals surface area contributed by atoms with E-state index in [2.05, 4.69) is 0 Å². The molecule has 2 aromatic rings. The summed E-state index contributed by atoms with van der Waals surface area (Å²) in [4.78, 5) is 12.3. The Kier molecular flexibility index (Phi) is 4.66. The van der Waals surface area contributed by atoms with Crippen molar-refractivity contribution in [3.63, 3.8) is 0 Å². The molecule has 0 spiro atoms. The highest BCUT2D eigenvalue weighted by molar-refractivity contribution is 5.74. The molecular formula is C21H22O7. The molecule has 2 aliphatic heterocycles. The first-order valence-corrected chi connectivity index (χ1v) is 9.19. The summed E-state index contributed by atoms with van der Waals surface area (Å²) in [6.07, 6.45) is 0.303. The normalized spacial score (nSPS) is 15.0. The predicted octanol–water partition coefficient (Wildman–Crippen LogP) is 3.95. The molecule has 0 saturated heterocycles. The van der Waals surface area contributed by atoms with Crippen LogP contribution < -0.4 is 23.7 Å². The lowest BCUT2D eigenvalue weighted by atomic mass is 9.91. The summed E-state index contributed by atoms with van der Waals surface area (Å²) >= 11 is 0. The van der Waals surface area contributed by atoms with Crippen LogP contribution >= 0.6 is 0 Å². The number of benzene rings is 2. The minimum atomic E-state index is -0.322.